The largest absolute Gasteiger partial charge is 0.465 e. The van der Waals surface area contributed by atoms with Crippen molar-refractivity contribution in [2.45, 2.75) is 6.10 Å². The van der Waals surface area contributed by atoms with Crippen LogP contribution in [-0.4, -0.2) is 5.11 Å². The summed E-state index contributed by atoms with van der Waals surface area (Å²) in [5.41, 5.74) is 0.883. The minimum Gasteiger partial charge on any atom is -0.465 e. The van der Waals surface area contributed by atoms with Crippen molar-refractivity contribution in [2.24, 2.45) is 0 Å². The van der Waals surface area contributed by atoms with Crippen LogP contribution in [0.5, 0.6) is 0 Å². The van der Waals surface area contributed by atoms with Crippen molar-refractivity contribution in [3.05, 3.63) is 57.8 Å². The lowest BCUT2D eigenvalue weighted by atomic mass is 10.1. The van der Waals surface area contributed by atoms with Gasteiger partial charge in [-0.25, -0.2) is 0 Å². The van der Waals surface area contributed by atoms with Crippen LogP contribution in [0.15, 0.2) is 50.9 Å². The molecule has 3 aromatic rings. The summed E-state index contributed by atoms with van der Waals surface area (Å²) in [7, 11) is 0. The maximum Gasteiger partial charge on any atom is 0.151 e. The minimum atomic E-state index is -0.735. The first-order valence-electron chi connectivity index (χ1n) is 5.14. The van der Waals surface area contributed by atoms with Gasteiger partial charge in [0, 0.05) is 10.3 Å². The van der Waals surface area contributed by atoms with Crippen molar-refractivity contribution < 1.29 is 9.52 Å². The summed E-state index contributed by atoms with van der Waals surface area (Å²) in [5, 5.41) is 13.5. The molecule has 4 heteroatoms. The van der Waals surface area contributed by atoms with Crippen molar-refractivity contribution in [1.82, 2.24) is 0 Å². The van der Waals surface area contributed by atoms with Gasteiger partial charge in [0.2, 0.25) is 0 Å². The maximum atomic E-state index is 10.4. The highest BCUT2D eigenvalue weighted by molar-refractivity contribution is 9.10. The average Bonchev–Trinajstić information content (AvgIpc) is 2.95. The molecular formula is C13H9BrO2S. The van der Waals surface area contributed by atoms with Crippen molar-refractivity contribution in [2.75, 3.05) is 0 Å². The number of aliphatic hydroxyl groups excluding tert-OH is 1. The molecule has 2 aromatic heterocycles. The van der Waals surface area contributed by atoms with Crippen molar-refractivity contribution in [3.8, 4) is 0 Å². The van der Waals surface area contributed by atoms with Crippen LogP contribution in [0, 0.1) is 0 Å². The molecule has 2 heterocycles. The molecule has 2 nitrogen and oxygen atoms in total. The van der Waals surface area contributed by atoms with Crippen molar-refractivity contribution in [3.63, 3.8) is 0 Å². The van der Waals surface area contributed by atoms with E-state index in [-0.39, 0.29) is 0 Å². The molecule has 0 spiro atoms. The maximum absolute atomic E-state index is 10.4. The van der Waals surface area contributed by atoms with Gasteiger partial charge < -0.3 is 9.52 Å². The standard InChI is InChI=1S/C13H9BrO2S/c14-10-4-6-16-12(10)11(15)9-3-1-2-8-5-7-17-13(8)9/h1-7,11,15H. The Kier molecular flexibility index (Phi) is 2.78. The van der Waals surface area contributed by atoms with E-state index >= 15 is 0 Å². The highest BCUT2D eigenvalue weighted by Gasteiger charge is 2.19. The monoisotopic (exact) mass is 308 g/mol. The quantitative estimate of drug-likeness (QED) is 0.764. The van der Waals surface area contributed by atoms with Gasteiger partial charge in [0.15, 0.2) is 5.76 Å². The number of furan rings is 1. The molecule has 17 heavy (non-hydrogen) atoms. The first kappa shape index (κ1) is 11.0. The highest BCUT2D eigenvalue weighted by atomic mass is 79.9. The minimum absolute atomic E-state index is 0.547. The van der Waals surface area contributed by atoms with Gasteiger partial charge in [0.05, 0.1) is 10.7 Å². The van der Waals surface area contributed by atoms with Gasteiger partial charge >= 0.3 is 0 Å². The third-order valence-corrected chi connectivity index (χ3v) is 4.33. The summed E-state index contributed by atoms with van der Waals surface area (Å²) in [6.45, 7) is 0. The highest BCUT2D eigenvalue weighted by Crippen LogP contribution is 2.35. The Morgan fingerprint density at radius 3 is 2.88 bits per heavy atom. The van der Waals surface area contributed by atoms with Crippen LogP contribution in [-0.2, 0) is 0 Å². The molecule has 3 rings (SSSR count). The second kappa shape index (κ2) is 4.29. The first-order valence-corrected chi connectivity index (χ1v) is 6.81. The summed E-state index contributed by atoms with van der Waals surface area (Å²) < 4.78 is 7.20. The summed E-state index contributed by atoms with van der Waals surface area (Å²) >= 11 is 5.00. The van der Waals surface area contributed by atoms with Gasteiger partial charge in [-0.2, -0.15) is 0 Å². The molecule has 0 aliphatic rings. The first-order chi connectivity index (χ1) is 8.27. The number of thiophene rings is 1. The van der Waals surface area contributed by atoms with Crippen molar-refractivity contribution >= 4 is 37.4 Å². The van der Waals surface area contributed by atoms with E-state index in [2.05, 4.69) is 15.9 Å². The average molecular weight is 309 g/mol. The normalized spacial score (nSPS) is 13.1. The molecule has 1 aromatic carbocycles. The predicted octanol–water partition coefficient (Wildman–Crippen LogP) is 4.34. The molecule has 0 aliphatic carbocycles. The molecular weight excluding hydrogens is 300 g/mol. The molecule has 1 unspecified atom stereocenters. The number of halogens is 1. The second-order valence-corrected chi connectivity index (χ2v) is 5.49. The molecule has 0 bridgehead atoms. The van der Waals surface area contributed by atoms with Gasteiger partial charge in [-0.15, -0.1) is 11.3 Å². The summed E-state index contributed by atoms with van der Waals surface area (Å²) in [4.78, 5) is 0. The fraction of sp³-hybridized carbons (Fsp3) is 0.0769. The van der Waals surface area contributed by atoms with Gasteiger partial charge in [-0.3, -0.25) is 0 Å². The number of rotatable bonds is 2. The molecule has 0 aliphatic heterocycles. The third kappa shape index (κ3) is 1.82. The lowest BCUT2D eigenvalue weighted by Gasteiger charge is -2.10. The predicted molar refractivity (Wildman–Crippen MR) is 72.3 cm³/mol. The van der Waals surface area contributed by atoms with Gasteiger partial charge in [-0.05, 0) is 38.8 Å². The number of fused-ring (bicyclic) bond motifs is 1. The summed E-state index contributed by atoms with van der Waals surface area (Å²) in [5.74, 6) is 0.547. The molecule has 0 saturated carbocycles. The lowest BCUT2D eigenvalue weighted by molar-refractivity contribution is 0.190. The van der Waals surface area contributed by atoms with E-state index in [1.54, 1.807) is 23.7 Å². The van der Waals surface area contributed by atoms with E-state index in [1.807, 2.05) is 29.6 Å². The third-order valence-electron chi connectivity index (χ3n) is 2.70. The number of benzene rings is 1. The Morgan fingerprint density at radius 2 is 2.12 bits per heavy atom. The van der Waals surface area contributed by atoms with E-state index in [4.69, 9.17) is 4.42 Å². The van der Waals surface area contributed by atoms with E-state index < -0.39 is 6.10 Å². The van der Waals surface area contributed by atoms with Gasteiger partial charge in [-0.1, -0.05) is 18.2 Å². The number of aliphatic hydroxyl groups is 1. The lowest BCUT2D eigenvalue weighted by Crippen LogP contribution is -1.98. The summed E-state index contributed by atoms with van der Waals surface area (Å²) in [6.07, 6.45) is 0.832. The van der Waals surface area contributed by atoms with E-state index in [1.165, 1.54) is 0 Å². The molecule has 1 atom stereocenters. The number of hydrogen-bond donors (Lipinski definition) is 1. The van der Waals surface area contributed by atoms with Crippen LogP contribution in [0.3, 0.4) is 0 Å². The van der Waals surface area contributed by atoms with Gasteiger partial charge in [0.1, 0.15) is 6.10 Å². The molecule has 0 amide bonds. The molecule has 0 fully saturated rings. The zero-order chi connectivity index (χ0) is 11.8. The molecule has 86 valence electrons. The number of hydrogen-bond acceptors (Lipinski definition) is 3. The topological polar surface area (TPSA) is 33.4 Å². The molecule has 0 radical (unpaired) electrons. The zero-order valence-corrected chi connectivity index (χ0v) is 11.2. The van der Waals surface area contributed by atoms with Crippen LogP contribution in [0.1, 0.15) is 17.4 Å². The SMILES string of the molecule is OC(c1occc1Br)c1cccc2ccsc12. The second-order valence-electron chi connectivity index (χ2n) is 3.72. The van der Waals surface area contributed by atoms with Crippen molar-refractivity contribution in [1.29, 1.82) is 0 Å². The molecule has 1 N–H and O–H groups in total. The van der Waals surface area contributed by atoms with Crippen LogP contribution in [0.2, 0.25) is 0 Å². The van der Waals surface area contributed by atoms with Crippen LogP contribution in [0.25, 0.3) is 10.1 Å². The summed E-state index contributed by atoms with van der Waals surface area (Å²) in [6, 6.07) is 9.75. The smallest absolute Gasteiger partial charge is 0.151 e. The van der Waals surface area contributed by atoms with E-state index in [0.717, 1.165) is 20.1 Å². The zero-order valence-electron chi connectivity index (χ0n) is 8.76. The Balaban J connectivity index is 2.15. The Labute approximate surface area is 111 Å². The van der Waals surface area contributed by atoms with E-state index in [0.29, 0.717) is 5.76 Å². The van der Waals surface area contributed by atoms with Crippen LogP contribution < -0.4 is 0 Å². The Bertz CT molecular complexity index is 656. The molecule has 0 saturated heterocycles. The Hall–Kier alpha value is -1.10. The van der Waals surface area contributed by atoms with Gasteiger partial charge in [0.25, 0.3) is 0 Å². The fourth-order valence-electron chi connectivity index (χ4n) is 1.87. The van der Waals surface area contributed by atoms with Crippen LogP contribution >= 0.6 is 27.3 Å². The van der Waals surface area contributed by atoms with Crippen LogP contribution in [0.4, 0.5) is 0 Å². The Morgan fingerprint density at radius 1 is 1.24 bits per heavy atom. The van der Waals surface area contributed by atoms with E-state index in [9.17, 15) is 5.11 Å². The fourth-order valence-corrected chi connectivity index (χ4v) is 3.23.